The number of nitrogens with one attached hydrogen (secondary N) is 2. The molecule has 0 radical (unpaired) electrons. The van der Waals surface area contributed by atoms with Crippen molar-refractivity contribution in [2.24, 2.45) is 11.8 Å². The van der Waals surface area contributed by atoms with E-state index < -0.39 is 17.7 Å². The first-order chi connectivity index (χ1) is 18.2. The first-order valence-electron chi connectivity index (χ1n) is 14.7. The summed E-state index contributed by atoms with van der Waals surface area (Å²) in [6.45, 7) is 8.57. The van der Waals surface area contributed by atoms with Crippen LogP contribution in [-0.4, -0.2) is 69.9 Å². The molecule has 3 fully saturated rings. The summed E-state index contributed by atoms with van der Waals surface area (Å²) in [6, 6.07) is 7.09. The van der Waals surface area contributed by atoms with E-state index in [9.17, 15) is 19.5 Å². The summed E-state index contributed by atoms with van der Waals surface area (Å²) >= 11 is 0. The van der Waals surface area contributed by atoms with Gasteiger partial charge >= 0.3 is 0 Å². The summed E-state index contributed by atoms with van der Waals surface area (Å²) < 4.78 is 0. The molecule has 218 valence electrons. The molecule has 0 aromatic heterocycles. The van der Waals surface area contributed by atoms with Crippen molar-refractivity contribution in [1.29, 1.82) is 0 Å². The molecule has 2 atom stereocenters. The number of hydrogen-bond acceptors (Lipinski definition) is 5. The average molecular weight is 563 g/mol. The predicted octanol–water partition coefficient (Wildman–Crippen LogP) is 4.11. The van der Waals surface area contributed by atoms with E-state index in [0.29, 0.717) is 32.5 Å². The molecule has 3 aliphatic rings. The van der Waals surface area contributed by atoms with Crippen LogP contribution in [0, 0.1) is 11.8 Å². The Morgan fingerprint density at radius 3 is 2.33 bits per heavy atom. The van der Waals surface area contributed by atoms with Crippen LogP contribution >= 0.6 is 12.4 Å². The molecule has 1 aromatic rings. The van der Waals surface area contributed by atoms with Gasteiger partial charge in [-0.25, -0.2) is 0 Å². The lowest BCUT2D eigenvalue weighted by Gasteiger charge is -2.52. The average Bonchev–Trinajstić information content (AvgIpc) is 2.93. The quantitative estimate of drug-likeness (QED) is 0.420. The topological polar surface area (TPSA) is 102 Å². The fraction of sp³-hybridized carbons (Fsp3) is 0.700. The first kappa shape index (κ1) is 31.4. The number of piperazine rings is 1. The third kappa shape index (κ3) is 7.14. The minimum Gasteiger partial charge on any atom is -0.390 e. The number of aliphatic hydroxyl groups is 1. The zero-order valence-corrected chi connectivity index (χ0v) is 24.6. The van der Waals surface area contributed by atoms with Crippen LogP contribution in [0.5, 0.6) is 0 Å². The number of rotatable bonds is 9. The summed E-state index contributed by atoms with van der Waals surface area (Å²) in [6.07, 6.45) is 7.30. The van der Waals surface area contributed by atoms with E-state index in [4.69, 9.17) is 0 Å². The third-order valence-electron chi connectivity index (χ3n) is 8.80. The molecule has 0 unspecified atom stereocenters. The number of amides is 3. The maximum atomic E-state index is 13.8. The van der Waals surface area contributed by atoms with Gasteiger partial charge in [0.1, 0.15) is 11.6 Å². The Morgan fingerprint density at radius 1 is 1.10 bits per heavy atom. The van der Waals surface area contributed by atoms with Crippen molar-refractivity contribution in [1.82, 2.24) is 15.1 Å². The van der Waals surface area contributed by atoms with E-state index in [2.05, 4.69) is 22.5 Å². The van der Waals surface area contributed by atoms with E-state index in [1.807, 2.05) is 43.0 Å². The Hall–Kier alpha value is -2.16. The second kappa shape index (κ2) is 14.0. The van der Waals surface area contributed by atoms with Crippen molar-refractivity contribution >= 4 is 35.8 Å². The van der Waals surface area contributed by atoms with E-state index in [1.165, 1.54) is 6.42 Å². The zero-order valence-electron chi connectivity index (χ0n) is 23.8. The van der Waals surface area contributed by atoms with Crippen LogP contribution in [0.25, 0.3) is 0 Å². The number of likely N-dealkylation sites (tertiary alicyclic amines) is 1. The van der Waals surface area contributed by atoms with Crippen LogP contribution in [0.15, 0.2) is 24.3 Å². The molecular formula is C30H47ClN4O4. The Bertz CT molecular complexity index is 972. The number of hydrogen-bond donors (Lipinski definition) is 3. The van der Waals surface area contributed by atoms with E-state index in [-0.39, 0.29) is 42.0 Å². The zero-order chi connectivity index (χ0) is 27.3. The van der Waals surface area contributed by atoms with Crippen molar-refractivity contribution in [3.63, 3.8) is 0 Å². The largest absolute Gasteiger partial charge is 0.390 e. The predicted molar refractivity (Wildman–Crippen MR) is 156 cm³/mol. The molecule has 1 aromatic carbocycles. The van der Waals surface area contributed by atoms with E-state index in [0.717, 1.165) is 56.3 Å². The third-order valence-corrected chi connectivity index (χ3v) is 8.80. The van der Waals surface area contributed by atoms with Gasteiger partial charge in [-0.2, -0.15) is 0 Å². The van der Waals surface area contributed by atoms with Crippen LogP contribution in [0.4, 0.5) is 5.69 Å². The lowest BCUT2D eigenvalue weighted by atomic mass is 9.78. The molecule has 3 N–H and O–H groups in total. The first-order valence-corrected chi connectivity index (χ1v) is 14.7. The number of nitrogens with zero attached hydrogens (tertiary/aromatic N) is 2. The lowest BCUT2D eigenvalue weighted by Crippen LogP contribution is -2.75. The highest BCUT2D eigenvalue weighted by molar-refractivity contribution is 6.00. The van der Waals surface area contributed by atoms with Gasteiger partial charge in [-0.15, -0.1) is 12.4 Å². The van der Waals surface area contributed by atoms with Gasteiger partial charge in [-0.05, 0) is 55.7 Å². The van der Waals surface area contributed by atoms with Crippen LogP contribution in [0.2, 0.25) is 0 Å². The number of carbonyl (C=O) groups excluding carboxylic acids is 3. The molecular weight excluding hydrogens is 516 g/mol. The maximum Gasteiger partial charge on any atom is 0.248 e. The Labute approximate surface area is 239 Å². The van der Waals surface area contributed by atoms with E-state index >= 15 is 0 Å². The normalized spacial score (nSPS) is 22.9. The van der Waals surface area contributed by atoms with Crippen molar-refractivity contribution < 1.29 is 19.5 Å². The fourth-order valence-electron chi connectivity index (χ4n) is 6.27. The number of benzene rings is 1. The Morgan fingerprint density at radius 2 is 1.74 bits per heavy atom. The second-order valence-corrected chi connectivity index (χ2v) is 11.8. The Balaban J connectivity index is 0.00000420. The molecule has 3 amide bonds. The van der Waals surface area contributed by atoms with Crippen molar-refractivity contribution in [3.05, 3.63) is 29.8 Å². The highest BCUT2D eigenvalue weighted by Crippen LogP contribution is 2.36. The minimum atomic E-state index is -0.837. The minimum absolute atomic E-state index is 0. The SMILES string of the molecule is CCCCN1C(=O)[C@@H]([C@H](O)C2CCCCC2)NC(=O)C12CCN(Cc1ccc(NC(=O)C(C)C)cc1)CC2.Cl. The number of anilines is 1. The monoisotopic (exact) mass is 562 g/mol. The number of halogens is 1. The van der Waals surface area contributed by atoms with Crippen molar-refractivity contribution in [3.8, 4) is 0 Å². The maximum absolute atomic E-state index is 13.8. The van der Waals surface area contributed by atoms with Crippen molar-refractivity contribution in [2.45, 2.75) is 103 Å². The van der Waals surface area contributed by atoms with Crippen LogP contribution in [0.1, 0.15) is 84.1 Å². The fourth-order valence-corrected chi connectivity index (χ4v) is 6.27. The van der Waals surface area contributed by atoms with Gasteiger partial charge in [0, 0.05) is 37.8 Å². The summed E-state index contributed by atoms with van der Waals surface area (Å²) in [4.78, 5) is 43.5. The highest BCUT2D eigenvalue weighted by Gasteiger charge is 2.55. The molecule has 4 rings (SSSR count). The summed E-state index contributed by atoms with van der Waals surface area (Å²) in [5, 5.41) is 17.0. The molecule has 2 saturated heterocycles. The van der Waals surface area contributed by atoms with Crippen molar-refractivity contribution in [2.75, 3.05) is 25.0 Å². The van der Waals surface area contributed by atoms with E-state index in [1.54, 1.807) is 0 Å². The Kier molecular flexibility index (Phi) is 11.2. The highest BCUT2D eigenvalue weighted by atomic mass is 35.5. The molecule has 2 aliphatic heterocycles. The van der Waals surface area contributed by atoms with Crippen LogP contribution in [-0.2, 0) is 20.9 Å². The number of piperidine rings is 1. The summed E-state index contributed by atoms with van der Waals surface area (Å²) in [5.41, 5.74) is 1.10. The van der Waals surface area contributed by atoms with Gasteiger partial charge in [0.25, 0.3) is 0 Å². The summed E-state index contributed by atoms with van der Waals surface area (Å²) in [7, 11) is 0. The van der Waals surface area contributed by atoms with Gasteiger partial charge in [0.2, 0.25) is 17.7 Å². The lowest BCUT2D eigenvalue weighted by molar-refractivity contribution is -0.166. The molecule has 1 saturated carbocycles. The van der Waals surface area contributed by atoms with Gasteiger partial charge in [-0.1, -0.05) is 58.6 Å². The molecule has 9 heteroatoms. The summed E-state index contributed by atoms with van der Waals surface area (Å²) in [5.74, 6) is -0.198. The van der Waals surface area contributed by atoms with Gasteiger partial charge in [0.15, 0.2) is 0 Å². The number of unbranched alkanes of at least 4 members (excludes halogenated alkanes) is 1. The molecule has 1 spiro atoms. The van der Waals surface area contributed by atoms with Crippen LogP contribution in [0.3, 0.4) is 0 Å². The van der Waals surface area contributed by atoms with Gasteiger partial charge in [-0.3, -0.25) is 19.3 Å². The smallest absolute Gasteiger partial charge is 0.248 e. The molecule has 39 heavy (non-hydrogen) atoms. The number of carbonyl (C=O) groups is 3. The molecule has 8 nitrogen and oxygen atoms in total. The number of aliphatic hydroxyl groups excluding tert-OH is 1. The van der Waals surface area contributed by atoms with Gasteiger partial charge < -0.3 is 20.6 Å². The molecule has 2 heterocycles. The van der Waals surface area contributed by atoms with Gasteiger partial charge in [0.05, 0.1) is 6.10 Å². The van der Waals surface area contributed by atoms with Crippen LogP contribution < -0.4 is 10.6 Å². The molecule has 1 aliphatic carbocycles. The molecule has 0 bridgehead atoms. The standard InChI is InChI=1S/C30H46N4O4.ClH/c1-4-5-17-34-28(37)25(26(35)23-9-7-6-8-10-23)32-29(38)30(34)15-18-33(19-16-30)20-22-11-13-24(14-12-22)31-27(36)21(2)3;/h11-14,21,23,25-26,35H,4-10,15-20H2,1-3H3,(H,31,36)(H,32,38);1H/t25-,26-;/m1./s1. The second-order valence-electron chi connectivity index (χ2n) is 11.8.